The monoisotopic (exact) mass is 512 g/mol. The Kier molecular flexibility index (Phi) is 8.54. The molecule has 38 heavy (non-hydrogen) atoms. The second-order valence-electron chi connectivity index (χ2n) is 7.75. The Hall–Kier alpha value is -5.31. The molecule has 0 saturated carbocycles. The van der Waals surface area contributed by atoms with Crippen LogP contribution in [0.2, 0.25) is 0 Å². The normalized spacial score (nSPS) is 10.6. The van der Waals surface area contributed by atoms with E-state index < -0.39 is 23.7 Å². The summed E-state index contributed by atoms with van der Waals surface area (Å²) in [6.07, 6.45) is 1.27. The van der Waals surface area contributed by atoms with Crippen LogP contribution in [0.1, 0.15) is 26.3 Å². The molecule has 0 aliphatic carbocycles. The molecule has 0 aliphatic heterocycles. The molecular weight excluding hydrogens is 491 g/mol. The lowest BCUT2D eigenvalue weighted by Crippen LogP contribution is -2.24. The lowest BCUT2D eigenvalue weighted by Gasteiger charge is -2.10. The number of hydrazone groups is 1. The van der Waals surface area contributed by atoms with Gasteiger partial charge in [-0.2, -0.15) is 5.10 Å². The van der Waals surface area contributed by atoms with Crippen LogP contribution < -0.4 is 19.6 Å². The van der Waals surface area contributed by atoms with E-state index in [0.29, 0.717) is 22.4 Å². The molecule has 4 rings (SSSR count). The van der Waals surface area contributed by atoms with Crippen LogP contribution in [0, 0.1) is 5.82 Å². The molecular formula is C29H21FN2O6. The smallest absolute Gasteiger partial charge is 0.343 e. The Morgan fingerprint density at radius 3 is 1.95 bits per heavy atom. The first-order valence-corrected chi connectivity index (χ1v) is 11.4. The molecule has 8 nitrogen and oxygen atoms in total. The minimum Gasteiger partial charge on any atom is -0.484 e. The summed E-state index contributed by atoms with van der Waals surface area (Å²) in [6, 6.07) is 26.4. The Balaban J connectivity index is 1.46. The summed E-state index contributed by atoms with van der Waals surface area (Å²) in [7, 11) is 0. The van der Waals surface area contributed by atoms with E-state index in [2.05, 4.69) is 10.5 Å². The summed E-state index contributed by atoms with van der Waals surface area (Å²) >= 11 is 0. The highest BCUT2D eigenvalue weighted by molar-refractivity contribution is 5.94. The Morgan fingerprint density at radius 2 is 1.32 bits per heavy atom. The number of carbonyl (C=O) groups excluding carboxylic acids is 3. The molecule has 0 unspecified atom stereocenters. The van der Waals surface area contributed by atoms with Gasteiger partial charge in [0, 0.05) is 11.6 Å². The third-order valence-electron chi connectivity index (χ3n) is 4.99. The maximum Gasteiger partial charge on any atom is 0.343 e. The molecule has 1 N–H and O–H groups in total. The predicted octanol–water partition coefficient (Wildman–Crippen LogP) is 4.79. The van der Waals surface area contributed by atoms with Crippen LogP contribution in [0.5, 0.6) is 17.2 Å². The first kappa shape index (κ1) is 25.8. The third-order valence-corrected chi connectivity index (χ3v) is 4.99. The van der Waals surface area contributed by atoms with Gasteiger partial charge in [-0.3, -0.25) is 4.79 Å². The standard InChI is InChI=1S/C29H21FN2O6/c30-23-12-15-24(16-13-23)36-19-27(33)32-31-18-22-11-14-25(37-28(34)20-7-3-1-4-8-20)17-26(22)38-29(35)21-9-5-2-6-10-21/h1-18H,19H2,(H,32,33)/b31-18+. The molecule has 0 atom stereocenters. The van der Waals surface area contributed by atoms with Crippen LogP contribution in [0.15, 0.2) is 108 Å². The fourth-order valence-corrected chi connectivity index (χ4v) is 3.13. The molecule has 0 radical (unpaired) electrons. The maximum atomic E-state index is 13.0. The number of rotatable bonds is 9. The summed E-state index contributed by atoms with van der Waals surface area (Å²) in [4.78, 5) is 37.2. The van der Waals surface area contributed by atoms with E-state index in [1.807, 2.05) is 0 Å². The zero-order chi connectivity index (χ0) is 26.7. The van der Waals surface area contributed by atoms with Crippen molar-refractivity contribution in [1.29, 1.82) is 0 Å². The van der Waals surface area contributed by atoms with E-state index >= 15 is 0 Å². The molecule has 0 aromatic heterocycles. The highest BCUT2D eigenvalue weighted by atomic mass is 19.1. The predicted molar refractivity (Wildman–Crippen MR) is 137 cm³/mol. The average molecular weight is 512 g/mol. The van der Waals surface area contributed by atoms with Crippen LogP contribution in [-0.4, -0.2) is 30.7 Å². The average Bonchev–Trinajstić information content (AvgIpc) is 2.94. The van der Waals surface area contributed by atoms with Crippen molar-refractivity contribution in [2.75, 3.05) is 6.61 Å². The van der Waals surface area contributed by atoms with E-state index in [9.17, 15) is 18.8 Å². The summed E-state index contributed by atoms with van der Waals surface area (Å²) in [5.41, 5.74) is 3.29. The lowest BCUT2D eigenvalue weighted by molar-refractivity contribution is -0.123. The van der Waals surface area contributed by atoms with Crippen LogP contribution >= 0.6 is 0 Å². The van der Waals surface area contributed by atoms with Gasteiger partial charge in [0.05, 0.1) is 17.3 Å². The van der Waals surface area contributed by atoms with Crippen molar-refractivity contribution in [2.24, 2.45) is 5.10 Å². The number of hydrogen-bond donors (Lipinski definition) is 1. The number of amides is 1. The molecule has 190 valence electrons. The van der Waals surface area contributed by atoms with E-state index in [-0.39, 0.29) is 18.1 Å². The fourth-order valence-electron chi connectivity index (χ4n) is 3.13. The van der Waals surface area contributed by atoms with Crippen molar-refractivity contribution in [3.05, 3.63) is 126 Å². The minimum absolute atomic E-state index is 0.0535. The second-order valence-corrected chi connectivity index (χ2v) is 7.75. The van der Waals surface area contributed by atoms with Crippen LogP contribution in [0.3, 0.4) is 0 Å². The molecule has 0 aliphatic rings. The molecule has 4 aromatic rings. The lowest BCUT2D eigenvalue weighted by atomic mass is 10.2. The van der Waals surface area contributed by atoms with E-state index in [4.69, 9.17) is 14.2 Å². The SMILES string of the molecule is O=C(COc1ccc(F)cc1)N/N=C/c1ccc(OC(=O)c2ccccc2)cc1OC(=O)c1ccccc1. The van der Waals surface area contributed by atoms with Gasteiger partial charge in [0.2, 0.25) is 0 Å². The van der Waals surface area contributed by atoms with Crippen molar-refractivity contribution in [2.45, 2.75) is 0 Å². The Bertz CT molecular complexity index is 1440. The fraction of sp³-hybridized carbons (Fsp3) is 0.0345. The van der Waals surface area contributed by atoms with Crippen molar-refractivity contribution in [3.8, 4) is 17.2 Å². The zero-order valence-corrected chi connectivity index (χ0v) is 19.9. The molecule has 9 heteroatoms. The highest BCUT2D eigenvalue weighted by Crippen LogP contribution is 2.26. The van der Waals surface area contributed by atoms with Gasteiger partial charge in [0.1, 0.15) is 23.1 Å². The van der Waals surface area contributed by atoms with Crippen LogP contribution in [0.25, 0.3) is 0 Å². The molecule has 1 amide bonds. The van der Waals surface area contributed by atoms with Crippen molar-refractivity contribution in [3.63, 3.8) is 0 Å². The minimum atomic E-state index is -0.636. The van der Waals surface area contributed by atoms with Gasteiger partial charge in [-0.1, -0.05) is 36.4 Å². The van der Waals surface area contributed by atoms with Gasteiger partial charge in [-0.25, -0.2) is 19.4 Å². The van der Waals surface area contributed by atoms with Gasteiger partial charge in [0.25, 0.3) is 5.91 Å². The third kappa shape index (κ3) is 7.34. The van der Waals surface area contributed by atoms with Crippen molar-refractivity contribution in [1.82, 2.24) is 5.43 Å². The van der Waals surface area contributed by atoms with Gasteiger partial charge in [-0.05, 0) is 60.7 Å². The first-order chi connectivity index (χ1) is 18.5. The Labute approximate surface area is 217 Å². The summed E-state index contributed by atoms with van der Waals surface area (Å²) in [6.45, 7) is -0.354. The number of benzene rings is 4. The highest BCUT2D eigenvalue weighted by Gasteiger charge is 2.15. The summed E-state index contributed by atoms with van der Waals surface area (Å²) in [5, 5.41) is 3.88. The van der Waals surface area contributed by atoms with E-state index in [1.54, 1.807) is 60.7 Å². The van der Waals surface area contributed by atoms with Crippen molar-refractivity contribution >= 4 is 24.1 Å². The number of esters is 2. The number of nitrogens with one attached hydrogen (secondary N) is 1. The maximum absolute atomic E-state index is 13.0. The molecule has 0 spiro atoms. The van der Waals surface area contributed by atoms with Gasteiger partial charge in [-0.15, -0.1) is 0 Å². The number of ether oxygens (including phenoxy) is 3. The number of halogens is 1. The number of nitrogens with zero attached hydrogens (tertiary/aromatic N) is 1. The quantitative estimate of drug-likeness (QED) is 0.150. The molecule has 0 heterocycles. The largest absolute Gasteiger partial charge is 0.484 e. The molecule has 0 fully saturated rings. The van der Waals surface area contributed by atoms with Gasteiger partial charge < -0.3 is 14.2 Å². The van der Waals surface area contributed by atoms with E-state index in [1.165, 1.54) is 48.7 Å². The van der Waals surface area contributed by atoms with Crippen LogP contribution in [-0.2, 0) is 4.79 Å². The molecule has 0 bridgehead atoms. The van der Waals surface area contributed by atoms with Gasteiger partial charge in [0.15, 0.2) is 6.61 Å². The number of hydrogen-bond acceptors (Lipinski definition) is 7. The summed E-state index contributed by atoms with van der Waals surface area (Å²) in [5.74, 6) is -1.69. The topological polar surface area (TPSA) is 103 Å². The molecule has 0 saturated heterocycles. The summed E-state index contributed by atoms with van der Waals surface area (Å²) < 4.78 is 29.2. The first-order valence-electron chi connectivity index (χ1n) is 11.4. The molecule has 4 aromatic carbocycles. The Morgan fingerprint density at radius 1 is 0.737 bits per heavy atom. The van der Waals surface area contributed by atoms with E-state index in [0.717, 1.165) is 0 Å². The van der Waals surface area contributed by atoms with Crippen LogP contribution in [0.4, 0.5) is 4.39 Å². The number of carbonyl (C=O) groups is 3. The second kappa shape index (κ2) is 12.6. The van der Waals surface area contributed by atoms with Gasteiger partial charge >= 0.3 is 11.9 Å². The van der Waals surface area contributed by atoms with Crippen molar-refractivity contribution < 1.29 is 33.0 Å². The zero-order valence-electron chi connectivity index (χ0n) is 19.9.